The molecule has 0 aliphatic carbocycles. The largest absolute Gasteiger partial charge is 0.456 e. The van der Waals surface area contributed by atoms with Crippen LogP contribution in [0.5, 0.6) is 0 Å². The summed E-state index contributed by atoms with van der Waals surface area (Å²) in [6.07, 6.45) is 0. The predicted octanol–water partition coefficient (Wildman–Crippen LogP) is 16.0. The lowest BCUT2D eigenvalue weighted by atomic mass is 9.96. The smallest absolute Gasteiger partial charge is 0.136 e. The molecule has 1 heterocycles. The molecule has 0 unspecified atom stereocenters. The van der Waals surface area contributed by atoms with Crippen LogP contribution in [0.25, 0.3) is 88.0 Å². The van der Waals surface area contributed by atoms with E-state index in [1.807, 2.05) is 12.1 Å². The van der Waals surface area contributed by atoms with Crippen molar-refractivity contribution < 1.29 is 4.42 Å². The van der Waals surface area contributed by atoms with Crippen LogP contribution in [0.4, 0.5) is 17.1 Å². The number of benzene rings is 10. The summed E-state index contributed by atoms with van der Waals surface area (Å²) in [6, 6.07) is 80.8. The van der Waals surface area contributed by atoms with Gasteiger partial charge in [-0.1, -0.05) is 170 Å². The molecule has 0 radical (unpaired) electrons. The van der Waals surface area contributed by atoms with Crippen LogP contribution in [0.1, 0.15) is 0 Å². The van der Waals surface area contributed by atoms with E-state index >= 15 is 0 Å². The fraction of sp³-hybridized carbons (Fsp3) is 0. The monoisotopic (exact) mass is 739 g/mol. The van der Waals surface area contributed by atoms with E-state index in [1.165, 1.54) is 54.9 Å². The number of furan rings is 1. The van der Waals surface area contributed by atoms with Crippen LogP contribution in [0.2, 0.25) is 0 Å². The Balaban J connectivity index is 1.00. The zero-order valence-electron chi connectivity index (χ0n) is 31.7. The first kappa shape index (κ1) is 33.6. The van der Waals surface area contributed by atoms with Gasteiger partial charge in [0.25, 0.3) is 0 Å². The van der Waals surface area contributed by atoms with E-state index < -0.39 is 0 Å². The highest BCUT2D eigenvalue weighted by molar-refractivity contribution is 6.12. The van der Waals surface area contributed by atoms with E-state index in [4.69, 9.17) is 4.42 Å². The number of hydrogen-bond donors (Lipinski definition) is 0. The second kappa shape index (κ2) is 14.1. The van der Waals surface area contributed by atoms with E-state index in [0.717, 1.165) is 50.1 Å². The third-order valence-corrected chi connectivity index (χ3v) is 11.4. The van der Waals surface area contributed by atoms with E-state index in [2.05, 4.69) is 217 Å². The summed E-state index contributed by atoms with van der Waals surface area (Å²) in [6.45, 7) is 0. The minimum Gasteiger partial charge on any atom is -0.456 e. The van der Waals surface area contributed by atoms with E-state index in [-0.39, 0.29) is 0 Å². The molecule has 0 amide bonds. The van der Waals surface area contributed by atoms with E-state index in [1.54, 1.807) is 0 Å². The molecular weight excluding hydrogens is 703 g/mol. The number of rotatable bonds is 7. The van der Waals surface area contributed by atoms with Gasteiger partial charge in [0.15, 0.2) is 0 Å². The van der Waals surface area contributed by atoms with Crippen LogP contribution in [0.15, 0.2) is 229 Å². The molecule has 0 saturated heterocycles. The zero-order valence-corrected chi connectivity index (χ0v) is 31.7. The second-order valence-corrected chi connectivity index (χ2v) is 14.9. The Bertz CT molecular complexity index is 3280. The van der Waals surface area contributed by atoms with Crippen molar-refractivity contribution in [3.8, 4) is 44.5 Å². The van der Waals surface area contributed by atoms with Crippen molar-refractivity contribution in [3.63, 3.8) is 0 Å². The van der Waals surface area contributed by atoms with Crippen molar-refractivity contribution in [1.29, 1.82) is 0 Å². The van der Waals surface area contributed by atoms with Crippen molar-refractivity contribution in [2.45, 2.75) is 0 Å². The average Bonchev–Trinajstić information content (AvgIpc) is 3.68. The molecule has 0 aliphatic rings. The van der Waals surface area contributed by atoms with Crippen molar-refractivity contribution in [3.05, 3.63) is 224 Å². The first-order valence-corrected chi connectivity index (χ1v) is 19.8. The first-order valence-electron chi connectivity index (χ1n) is 19.8. The van der Waals surface area contributed by atoms with Gasteiger partial charge in [-0.2, -0.15) is 0 Å². The third kappa shape index (κ3) is 6.00. The van der Waals surface area contributed by atoms with Crippen LogP contribution >= 0.6 is 0 Å². The number of nitrogens with zero attached hydrogens (tertiary/aromatic N) is 1. The van der Waals surface area contributed by atoms with Crippen LogP contribution in [-0.2, 0) is 0 Å². The van der Waals surface area contributed by atoms with Crippen molar-refractivity contribution in [2.75, 3.05) is 4.90 Å². The van der Waals surface area contributed by atoms with E-state index in [0.29, 0.717) is 0 Å². The molecule has 0 fully saturated rings. The lowest BCUT2D eigenvalue weighted by molar-refractivity contribution is 0.669. The lowest BCUT2D eigenvalue weighted by Gasteiger charge is -2.27. The van der Waals surface area contributed by atoms with Crippen LogP contribution in [-0.4, -0.2) is 0 Å². The summed E-state index contributed by atoms with van der Waals surface area (Å²) in [7, 11) is 0. The highest BCUT2D eigenvalue weighted by atomic mass is 16.3. The van der Waals surface area contributed by atoms with Gasteiger partial charge < -0.3 is 9.32 Å². The Morgan fingerprint density at radius 3 is 1.62 bits per heavy atom. The van der Waals surface area contributed by atoms with Gasteiger partial charge in [-0.05, 0) is 121 Å². The summed E-state index contributed by atoms with van der Waals surface area (Å²) in [5, 5.41) is 7.26. The molecule has 1 aromatic heterocycles. The molecule has 0 aliphatic heterocycles. The number of hydrogen-bond acceptors (Lipinski definition) is 2. The first-order chi connectivity index (χ1) is 28.7. The fourth-order valence-electron chi connectivity index (χ4n) is 8.59. The molecule has 2 nitrogen and oxygen atoms in total. The van der Waals surface area contributed by atoms with Crippen LogP contribution in [0.3, 0.4) is 0 Å². The Labute approximate surface area is 337 Å². The third-order valence-electron chi connectivity index (χ3n) is 11.4. The maximum atomic E-state index is 6.30. The molecule has 0 saturated carbocycles. The van der Waals surface area contributed by atoms with Gasteiger partial charge in [0.2, 0.25) is 0 Å². The minimum absolute atomic E-state index is 0.893. The molecule has 0 spiro atoms. The second-order valence-electron chi connectivity index (χ2n) is 14.9. The molecule has 0 N–H and O–H groups in total. The number of para-hydroxylation sites is 1. The quantitative estimate of drug-likeness (QED) is 0.162. The molecule has 0 atom stereocenters. The van der Waals surface area contributed by atoms with Gasteiger partial charge in [0.1, 0.15) is 11.2 Å². The highest BCUT2D eigenvalue weighted by Crippen LogP contribution is 2.42. The summed E-state index contributed by atoms with van der Waals surface area (Å²) in [5.41, 5.74) is 14.5. The molecule has 0 bridgehead atoms. The Hall–Kier alpha value is -7.68. The van der Waals surface area contributed by atoms with Crippen LogP contribution < -0.4 is 4.90 Å². The lowest BCUT2D eigenvalue weighted by Crippen LogP contribution is -2.10. The van der Waals surface area contributed by atoms with Crippen LogP contribution in [0, 0.1) is 0 Å². The summed E-state index contributed by atoms with van der Waals surface area (Å²) in [5.74, 6) is 0. The number of fused-ring (bicyclic) bond motifs is 5. The Kier molecular flexibility index (Phi) is 8.19. The summed E-state index contributed by atoms with van der Waals surface area (Å²) < 4.78 is 6.30. The van der Waals surface area contributed by atoms with Gasteiger partial charge in [-0.25, -0.2) is 0 Å². The Morgan fingerprint density at radius 1 is 0.276 bits per heavy atom. The number of anilines is 3. The van der Waals surface area contributed by atoms with Crippen molar-refractivity contribution in [1.82, 2.24) is 0 Å². The van der Waals surface area contributed by atoms with Crippen molar-refractivity contribution >= 4 is 60.5 Å². The molecule has 11 rings (SSSR count). The Morgan fingerprint density at radius 2 is 0.810 bits per heavy atom. The molecule has 10 aromatic carbocycles. The normalized spacial score (nSPS) is 11.4. The minimum atomic E-state index is 0.893. The predicted molar refractivity (Wildman–Crippen MR) is 245 cm³/mol. The summed E-state index contributed by atoms with van der Waals surface area (Å²) in [4.78, 5) is 2.37. The fourth-order valence-corrected chi connectivity index (χ4v) is 8.59. The zero-order chi connectivity index (χ0) is 38.4. The van der Waals surface area contributed by atoms with Gasteiger partial charge in [-0.15, -0.1) is 0 Å². The summed E-state index contributed by atoms with van der Waals surface area (Å²) >= 11 is 0. The van der Waals surface area contributed by atoms with Gasteiger partial charge in [0, 0.05) is 27.8 Å². The molecule has 11 aromatic rings. The topological polar surface area (TPSA) is 16.4 Å². The highest BCUT2D eigenvalue weighted by Gasteiger charge is 2.17. The maximum absolute atomic E-state index is 6.30. The van der Waals surface area contributed by atoms with Gasteiger partial charge in [0.05, 0.1) is 0 Å². The molecule has 58 heavy (non-hydrogen) atoms. The standard InChI is InChI=1S/C56H37NO/c1-2-13-43-35-45(30-27-38(43)11-1)44-15-7-17-48(36-44)57(49-18-8-16-46(37-49)52-22-10-24-55-56(52)53-20-5-6-23-54(53)58-55)47-33-31-40(32-34-47)39-25-28-42(29-26-39)51-21-9-14-41-12-3-4-19-50(41)51/h1-37H. The molecule has 272 valence electrons. The van der Waals surface area contributed by atoms with Gasteiger partial charge in [-0.3, -0.25) is 0 Å². The molecule has 2 heteroatoms. The maximum Gasteiger partial charge on any atom is 0.136 e. The molecular formula is C56H37NO. The van der Waals surface area contributed by atoms with Gasteiger partial charge >= 0.3 is 0 Å². The van der Waals surface area contributed by atoms with E-state index in [9.17, 15) is 0 Å². The SMILES string of the molecule is c1cc(-c2ccc3ccccc3c2)cc(N(c2ccc(-c3ccc(-c4cccc5ccccc45)cc3)cc2)c2cccc(-c3cccc4oc5ccccc5c34)c2)c1. The van der Waals surface area contributed by atoms with Crippen molar-refractivity contribution in [2.24, 2.45) is 0 Å². The average molecular weight is 740 g/mol.